The summed E-state index contributed by atoms with van der Waals surface area (Å²) < 4.78 is 0. The topological polar surface area (TPSA) is 89.8 Å². The minimum atomic E-state index is -0.959. The van der Waals surface area contributed by atoms with Crippen molar-refractivity contribution in [2.45, 2.75) is 161 Å². The van der Waals surface area contributed by atoms with Gasteiger partial charge in [-0.1, -0.05) is 127 Å². The summed E-state index contributed by atoms with van der Waals surface area (Å²) in [6, 6.07) is -0.771. The third kappa shape index (κ3) is 24.9. The van der Waals surface area contributed by atoms with Crippen molar-refractivity contribution in [3.63, 3.8) is 0 Å². The fourth-order valence-electron chi connectivity index (χ4n) is 4.41. The molecule has 4 N–H and O–H groups in total. The van der Waals surface area contributed by atoms with Gasteiger partial charge in [0.15, 0.2) is 0 Å². The van der Waals surface area contributed by atoms with Crippen LogP contribution in [-0.4, -0.2) is 46.1 Å². The fourth-order valence-corrected chi connectivity index (χ4v) is 4.41. The molecule has 3 atom stereocenters. The average Bonchev–Trinajstić information content (AvgIpc) is 2.90. The van der Waals surface area contributed by atoms with E-state index in [1.807, 2.05) is 12.2 Å². The Labute approximate surface area is 234 Å². The van der Waals surface area contributed by atoms with Crippen molar-refractivity contribution in [2.75, 3.05) is 6.61 Å². The number of hydrogen-bond donors (Lipinski definition) is 4. The number of nitrogens with one attached hydrogen (secondary N) is 1. The molecule has 0 aliphatic rings. The van der Waals surface area contributed by atoms with Gasteiger partial charge in [-0.25, -0.2) is 0 Å². The van der Waals surface area contributed by atoms with Crippen molar-refractivity contribution in [3.8, 4) is 0 Å². The van der Waals surface area contributed by atoms with E-state index >= 15 is 0 Å². The van der Waals surface area contributed by atoms with E-state index in [-0.39, 0.29) is 18.9 Å². The van der Waals surface area contributed by atoms with E-state index in [1.54, 1.807) is 6.08 Å². The molecule has 1 amide bonds. The molecular weight excluding hydrogens is 474 g/mol. The van der Waals surface area contributed by atoms with Crippen molar-refractivity contribution in [1.82, 2.24) is 5.32 Å². The molecule has 5 heteroatoms. The number of allylic oxidation sites excluding steroid dienone is 4. The highest BCUT2D eigenvalue weighted by molar-refractivity contribution is 5.76. The predicted molar refractivity (Wildman–Crippen MR) is 162 cm³/mol. The summed E-state index contributed by atoms with van der Waals surface area (Å²) in [5, 5.41) is 32.6. The van der Waals surface area contributed by atoms with E-state index in [0.29, 0.717) is 6.42 Å². The molecule has 0 heterocycles. The number of aliphatic hydroxyl groups is 3. The second kappa shape index (κ2) is 28.6. The molecule has 0 radical (unpaired) electrons. The summed E-state index contributed by atoms with van der Waals surface area (Å²) in [6.45, 7) is 4.09. The number of carbonyl (C=O) groups excluding carboxylic acids is 1. The number of amides is 1. The molecule has 0 fully saturated rings. The number of hydrogen-bond acceptors (Lipinski definition) is 4. The Bertz CT molecular complexity index is 602. The lowest BCUT2D eigenvalue weighted by molar-refractivity contribution is -0.124. The Morgan fingerprint density at radius 3 is 1.71 bits per heavy atom. The molecule has 0 spiro atoms. The van der Waals surface area contributed by atoms with Gasteiger partial charge in [0, 0.05) is 0 Å². The van der Waals surface area contributed by atoms with Crippen molar-refractivity contribution in [3.05, 3.63) is 36.5 Å². The maximum atomic E-state index is 12.2. The van der Waals surface area contributed by atoms with Crippen LogP contribution in [0.2, 0.25) is 0 Å². The molecular formula is C33H61NO4. The lowest BCUT2D eigenvalue weighted by Gasteiger charge is -2.20. The summed E-state index contributed by atoms with van der Waals surface area (Å²) in [5.74, 6) is -0.366. The van der Waals surface area contributed by atoms with Gasteiger partial charge in [-0.3, -0.25) is 4.79 Å². The van der Waals surface area contributed by atoms with Crippen LogP contribution in [0, 0.1) is 0 Å². The Kier molecular flexibility index (Phi) is 27.5. The highest BCUT2D eigenvalue weighted by atomic mass is 16.3. The zero-order valence-electron chi connectivity index (χ0n) is 24.8. The lowest BCUT2D eigenvalue weighted by atomic mass is 10.1. The molecule has 0 saturated carbocycles. The second-order valence-corrected chi connectivity index (χ2v) is 10.7. The summed E-state index contributed by atoms with van der Waals surface area (Å²) in [6.07, 6.45) is 32.9. The molecule has 0 rings (SSSR count). The van der Waals surface area contributed by atoms with Crippen LogP contribution in [0.5, 0.6) is 0 Å². The molecule has 0 aromatic heterocycles. The maximum Gasteiger partial charge on any atom is 0.223 e. The first-order chi connectivity index (χ1) is 18.5. The van der Waals surface area contributed by atoms with Gasteiger partial charge in [-0.15, -0.1) is 0 Å². The van der Waals surface area contributed by atoms with Crippen molar-refractivity contribution in [1.29, 1.82) is 0 Å². The molecule has 0 saturated heterocycles. The van der Waals surface area contributed by atoms with Crippen LogP contribution < -0.4 is 5.32 Å². The van der Waals surface area contributed by atoms with Crippen LogP contribution in [0.1, 0.15) is 142 Å². The highest BCUT2D eigenvalue weighted by Crippen LogP contribution is 2.12. The molecule has 0 aromatic rings. The summed E-state index contributed by atoms with van der Waals surface area (Å²) in [5.41, 5.74) is 0. The largest absolute Gasteiger partial charge is 0.394 e. The number of unbranched alkanes of at least 4 members (excludes halogenated alkanes) is 15. The van der Waals surface area contributed by atoms with Crippen LogP contribution in [0.25, 0.3) is 0 Å². The van der Waals surface area contributed by atoms with E-state index in [9.17, 15) is 20.1 Å². The van der Waals surface area contributed by atoms with E-state index in [4.69, 9.17) is 0 Å². The first kappa shape index (κ1) is 36.6. The Balaban J connectivity index is 3.88. The highest BCUT2D eigenvalue weighted by Gasteiger charge is 2.19. The molecule has 5 nitrogen and oxygen atoms in total. The van der Waals surface area contributed by atoms with E-state index in [2.05, 4.69) is 37.4 Å². The summed E-state index contributed by atoms with van der Waals surface area (Å²) in [4.78, 5) is 12.2. The zero-order valence-corrected chi connectivity index (χ0v) is 24.8. The molecule has 222 valence electrons. The maximum absolute atomic E-state index is 12.2. The fraction of sp³-hybridized carbons (Fsp3) is 0.788. The monoisotopic (exact) mass is 535 g/mol. The molecule has 38 heavy (non-hydrogen) atoms. The summed E-state index contributed by atoms with van der Waals surface area (Å²) in [7, 11) is 0. The first-order valence-corrected chi connectivity index (χ1v) is 15.8. The van der Waals surface area contributed by atoms with Gasteiger partial charge in [0.05, 0.1) is 31.3 Å². The van der Waals surface area contributed by atoms with Gasteiger partial charge in [0.1, 0.15) is 0 Å². The van der Waals surface area contributed by atoms with Gasteiger partial charge < -0.3 is 20.6 Å². The second-order valence-electron chi connectivity index (χ2n) is 10.7. The minimum Gasteiger partial charge on any atom is -0.394 e. The quantitative estimate of drug-likeness (QED) is 0.0641. The normalized spacial score (nSPS) is 14.6. The average molecular weight is 536 g/mol. The van der Waals surface area contributed by atoms with Crippen molar-refractivity contribution < 1.29 is 20.1 Å². The van der Waals surface area contributed by atoms with Crippen LogP contribution >= 0.6 is 0 Å². The summed E-state index contributed by atoms with van der Waals surface area (Å²) >= 11 is 0. The van der Waals surface area contributed by atoms with E-state index in [1.165, 1.54) is 83.5 Å². The Hall–Kier alpha value is -1.43. The Morgan fingerprint density at radius 2 is 1.13 bits per heavy atom. The Morgan fingerprint density at radius 1 is 0.658 bits per heavy atom. The molecule has 3 unspecified atom stereocenters. The van der Waals surface area contributed by atoms with E-state index in [0.717, 1.165) is 32.1 Å². The van der Waals surface area contributed by atoms with Gasteiger partial charge in [0.25, 0.3) is 0 Å². The van der Waals surface area contributed by atoms with Crippen molar-refractivity contribution in [2.24, 2.45) is 0 Å². The predicted octanol–water partition coefficient (Wildman–Crippen LogP) is 7.70. The van der Waals surface area contributed by atoms with Crippen LogP contribution in [0.3, 0.4) is 0 Å². The zero-order chi connectivity index (χ0) is 28.1. The lowest BCUT2D eigenvalue weighted by Crippen LogP contribution is -2.45. The van der Waals surface area contributed by atoms with Crippen molar-refractivity contribution >= 4 is 5.91 Å². The van der Waals surface area contributed by atoms with Gasteiger partial charge in [-0.2, -0.15) is 0 Å². The van der Waals surface area contributed by atoms with Gasteiger partial charge in [0.2, 0.25) is 5.91 Å². The SMILES string of the molecule is CCCCCC/C=C\CC(O)CC(=O)NC(CO)C(O)/C=C/CC/C=C/CCCCCCCCCCCC. The van der Waals surface area contributed by atoms with Gasteiger partial charge in [-0.05, 0) is 44.9 Å². The standard InChI is InChI=1S/C33H61NO4/c1-3-5-7-9-11-12-13-14-15-16-17-18-19-21-23-25-27-32(37)31(29-35)34-33(38)28-30(36)26-24-22-20-10-8-6-4-2/h18-19,22,24-25,27,30-32,35-37H,3-17,20-21,23,26,28-29H2,1-2H3,(H,34,38)/b19-18+,24-22-,27-25+. The molecule has 0 aromatic carbocycles. The third-order valence-electron chi connectivity index (χ3n) is 6.90. The van der Waals surface area contributed by atoms with Crippen LogP contribution in [0.15, 0.2) is 36.5 Å². The number of rotatable bonds is 27. The molecule has 0 bridgehead atoms. The number of aliphatic hydroxyl groups excluding tert-OH is 3. The van der Waals surface area contributed by atoms with Crippen LogP contribution in [0.4, 0.5) is 0 Å². The molecule has 0 aliphatic heterocycles. The third-order valence-corrected chi connectivity index (χ3v) is 6.90. The van der Waals surface area contributed by atoms with E-state index < -0.39 is 18.2 Å². The smallest absolute Gasteiger partial charge is 0.223 e. The minimum absolute atomic E-state index is 0.0447. The molecule has 0 aliphatic carbocycles. The van der Waals surface area contributed by atoms with Gasteiger partial charge >= 0.3 is 0 Å². The van der Waals surface area contributed by atoms with Crippen LogP contribution in [-0.2, 0) is 4.79 Å². The first-order valence-electron chi connectivity index (χ1n) is 15.8. The number of carbonyl (C=O) groups is 1.